The van der Waals surface area contributed by atoms with Crippen LogP contribution in [0.5, 0.6) is 0 Å². The molecular formula is C9H11N5. The van der Waals surface area contributed by atoms with Gasteiger partial charge in [0.25, 0.3) is 0 Å². The van der Waals surface area contributed by atoms with Gasteiger partial charge in [-0.15, -0.1) is 0 Å². The number of H-pyrrole nitrogens is 1. The van der Waals surface area contributed by atoms with Gasteiger partial charge in [-0.1, -0.05) is 0 Å². The van der Waals surface area contributed by atoms with Gasteiger partial charge >= 0.3 is 0 Å². The molecule has 72 valence electrons. The first-order chi connectivity index (χ1) is 6.95. The lowest BCUT2D eigenvalue weighted by Crippen LogP contribution is -2.28. The summed E-state index contributed by atoms with van der Waals surface area (Å²) < 4.78 is 2.24. The maximum absolute atomic E-state index is 4.37. The number of aromatic amines is 1. The van der Waals surface area contributed by atoms with Gasteiger partial charge in [0.05, 0.1) is 24.6 Å². The molecule has 0 amide bonds. The van der Waals surface area contributed by atoms with E-state index in [1.54, 1.807) is 0 Å². The molecule has 2 N–H and O–H groups in total. The summed E-state index contributed by atoms with van der Waals surface area (Å²) in [6.07, 6.45) is 5.63. The number of aromatic nitrogens is 4. The first kappa shape index (κ1) is 7.75. The van der Waals surface area contributed by atoms with Crippen molar-refractivity contribution in [1.29, 1.82) is 0 Å². The van der Waals surface area contributed by atoms with E-state index in [0.29, 0.717) is 0 Å². The molecular weight excluding hydrogens is 178 g/mol. The normalized spacial score (nSPS) is 15.4. The number of hydrogen-bond donors (Lipinski definition) is 2. The van der Waals surface area contributed by atoms with E-state index in [4.69, 9.17) is 0 Å². The monoisotopic (exact) mass is 189 g/mol. The van der Waals surface area contributed by atoms with E-state index in [2.05, 4.69) is 25.1 Å². The van der Waals surface area contributed by atoms with Crippen LogP contribution in [-0.4, -0.2) is 26.3 Å². The summed E-state index contributed by atoms with van der Waals surface area (Å²) in [5, 5.41) is 10.1. The van der Waals surface area contributed by atoms with E-state index in [1.165, 1.54) is 0 Å². The topological polar surface area (TPSA) is 58.5 Å². The quantitative estimate of drug-likeness (QED) is 0.681. The number of rotatable bonds is 1. The van der Waals surface area contributed by atoms with Crippen molar-refractivity contribution < 1.29 is 0 Å². The molecule has 3 heterocycles. The lowest BCUT2D eigenvalue weighted by atomic mass is 10.2. The van der Waals surface area contributed by atoms with Crippen molar-refractivity contribution in [1.82, 2.24) is 25.1 Å². The molecule has 14 heavy (non-hydrogen) atoms. The van der Waals surface area contributed by atoms with Crippen molar-refractivity contribution in [3.8, 4) is 11.3 Å². The van der Waals surface area contributed by atoms with Crippen LogP contribution >= 0.6 is 0 Å². The van der Waals surface area contributed by atoms with Crippen molar-refractivity contribution in [2.24, 2.45) is 0 Å². The third-order valence-electron chi connectivity index (χ3n) is 2.53. The second-order valence-corrected chi connectivity index (χ2v) is 3.38. The molecule has 0 atom stereocenters. The fourth-order valence-electron chi connectivity index (χ4n) is 1.82. The summed E-state index contributed by atoms with van der Waals surface area (Å²) in [6.45, 7) is 2.85. The third kappa shape index (κ3) is 1.06. The molecule has 1 aliphatic heterocycles. The molecule has 0 bridgehead atoms. The van der Waals surface area contributed by atoms with Crippen LogP contribution in [0, 0.1) is 0 Å². The zero-order chi connectivity index (χ0) is 9.38. The van der Waals surface area contributed by atoms with E-state index < -0.39 is 0 Å². The van der Waals surface area contributed by atoms with Gasteiger partial charge in [-0.05, 0) is 0 Å². The summed E-state index contributed by atoms with van der Waals surface area (Å²) in [5.41, 5.74) is 2.25. The van der Waals surface area contributed by atoms with E-state index in [9.17, 15) is 0 Å². The number of nitrogens with one attached hydrogen (secondary N) is 2. The highest BCUT2D eigenvalue weighted by Gasteiger charge is 2.14. The Balaban J connectivity index is 2.11. The Morgan fingerprint density at radius 2 is 2.36 bits per heavy atom. The van der Waals surface area contributed by atoms with Crippen LogP contribution in [0.3, 0.4) is 0 Å². The standard InChI is InChI=1S/C9H11N5/c1-2-14-8(7-3-12-13-4-7)5-11-9(14)6-10-1/h3-5,10H,1-2,6H2,(H,12,13). The molecule has 0 radical (unpaired) electrons. The van der Waals surface area contributed by atoms with Gasteiger partial charge in [0.1, 0.15) is 5.82 Å². The van der Waals surface area contributed by atoms with Gasteiger partial charge < -0.3 is 9.88 Å². The number of fused-ring (bicyclic) bond motifs is 1. The zero-order valence-electron chi connectivity index (χ0n) is 7.70. The van der Waals surface area contributed by atoms with Crippen LogP contribution in [0.15, 0.2) is 18.6 Å². The van der Waals surface area contributed by atoms with Crippen LogP contribution in [-0.2, 0) is 13.1 Å². The molecule has 0 saturated carbocycles. The molecule has 5 heteroatoms. The molecule has 0 unspecified atom stereocenters. The van der Waals surface area contributed by atoms with E-state index in [0.717, 1.165) is 36.7 Å². The first-order valence-corrected chi connectivity index (χ1v) is 4.69. The Bertz CT molecular complexity index is 428. The average Bonchev–Trinajstić information content (AvgIpc) is 2.85. The van der Waals surface area contributed by atoms with Gasteiger partial charge in [0, 0.05) is 24.8 Å². The van der Waals surface area contributed by atoms with E-state index in [1.807, 2.05) is 18.6 Å². The molecule has 3 rings (SSSR count). The SMILES string of the molecule is c1n[nH]cc1-c1cnc2n1CCNC2. The second kappa shape index (κ2) is 2.95. The predicted octanol–water partition coefficient (Wildman–Crippen LogP) is 0.376. The van der Waals surface area contributed by atoms with Gasteiger partial charge in [-0.3, -0.25) is 5.10 Å². The maximum atomic E-state index is 4.37. The Hall–Kier alpha value is -1.62. The number of nitrogens with zero attached hydrogens (tertiary/aromatic N) is 3. The molecule has 0 aliphatic carbocycles. The van der Waals surface area contributed by atoms with Crippen molar-refractivity contribution in [3.05, 3.63) is 24.4 Å². The summed E-state index contributed by atoms with van der Waals surface area (Å²) >= 11 is 0. The summed E-state index contributed by atoms with van der Waals surface area (Å²) in [4.78, 5) is 4.37. The highest BCUT2D eigenvalue weighted by atomic mass is 15.2. The van der Waals surface area contributed by atoms with Crippen molar-refractivity contribution >= 4 is 0 Å². The molecule has 0 spiro atoms. The molecule has 2 aromatic rings. The van der Waals surface area contributed by atoms with Gasteiger partial charge in [-0.2, -0.15) is 5.10 Å². The van der Waals surface area contributed by atoms with Crippen LogP contribution in [0.25, 0.3) is 11.3 Å². The minimum absolute atomic E-state index is 0.859. The predicted molar refractivity (Wildman–Crippen MR) is 51.5 cm³/mol. The van der Waals surface area contributed by atoms with Gasteiger partial charge in [-0.25, -0.2) is 4.98 Å². The molecule has 0 fully saturated rings. The Morgan fingerprint density at radius 3 is 3.21 bits per heavy atom. The lowest BCUT2D eigenvalue weighted by molar-refractivity contribution is 0.508. The fourth-order valence-corrected chi connectivity index (χ4v) is 1.82. The second-order valence-electron chi connectivity index (χ2n) is 3.38. The fraction of sp³-hybridized carbons (Fsp3) is 0.333. The molecule has 5 nitrogen and oxygen atoms in total. The van der Waals surface area contributed by atoms with Crippen molar-refractivity contribution in [2.45, 2.75) is 13.1 Å². The highest BCUT2D eigenvalue weighted by Crippen LogP contribution is 2.20. The summed E-state index contributed by atoms with van der Waals surface area (Å²) in [6, 6.07) is 0. The minimum Gasteiger partial charge on any atom is -0.326 e. The summed E-state index contributed by atoms with van der Waals surface area (Å²) in [7, 11) is 0. The lowest BCUT2D eigenvalue weighted by Gasteiger charge is -2.16. The summed E-state index contributed by atoms with van der Waals surface area (Å²) in [5.74, 6) is 1.10. The van der Waals surface area contributed by atoms with Crippen LogP contribution in [0.4, 0.5) is 0 Å². The number of imidazole rings is 1. The Morgan fingerprint density at radius 1 is 1.36 bits per heavy atom. The van der Waals surface area contributed by atoms with Crippen LogP contribution in [0.2, 0.25) is 0 Å². The van der Waals surface area contributed by atoms with Crippen molar-refractivity contribution in [3.63, 3.8) is 0 Å². The smallest absolute Gasteiger partial charge is 0.123 e. The Kier molecular flexibility index (Phi) is 1.63. The zero-order valence-corrected chi connectivity index (χ0v) is 7.70. The van der Waals surface area contributed by atoms with Crippen LogP contribution in [0.1, 0.15) is 5.82 Å². The van der Waals surface area contributed by atoms with E-state index in [-0.39, 0.29) is 0 Å². The third-order valence-corrected chi connectivity index (χ3v) is 2.53. The highest BCUT2D eigenvalue weighted by molar-refractivity contribution is 5.57. The largest absolute Gasteiger partial charge is 0.326 e. The number of hydrogen-bond acceptors (Lipinski definition) is 3. The van der Waals surface area contributed by atoms with Crippen molar-refractivity contribution in [2.75, 3.05) is 6.54 Å². The molecule has 0 saturated heterocycles. The average molecular weight is 189 g/mol. The Labute approximate surface area is 81.2 Å². The van der Waals surface area contributed by atoms with Gasteiger partial charge in [0.2, 0.25) is 0 Å². The molecule has 0 aromatic carbocycles. The molecule has 1 aliphatic rings. The van der Waals surface area contributed by atoms with E-state index >= 15 is 0 Å². The first-order valence-electron chi connectivity index (χ1n) is 4.69. The maximum Gasteiger partial charge on any atom is 0.123 e. The van der Waals surface area contributed by atoms with Crippen LogP contribution < -0.4 is 5.32 Å². The molecule has 2 aromatic heterocycles. The minimum atomic E-state index is 0.859. The van der Waals surface area contributed by atoms with Gasteiger partial charge in [0.15, 0.2) is 0 Å².